The minimum absolute atomic E-state index is 0.0532. The van der Waals surface area contributed by atoms with Gasteiger partial charge in [0.15, 0.2) is 0 Å². The van der Waals surface area contributed by atoms with Crippen molar-refractivity contribution in [3.8, 4) is 5.75 Å². The highest BCUT2D eigenvalue weighted by Crippen LogP contribution is 2.25. The summed E-state index contributed by atoms with van der Waals surface area (Å²) in [6.07, 6.45) is 6.21. The van der Waals surface area contributed by atoms with Crippen LogP contribution in [0.3, 0.4) is 0 Å². The van der Waals surface area contributed by atoms with E-state index in [0.717, 1.165) is 44.6 Å². The van der Waals surface area contributed by atoms with Crippen molar-refractivity contribution in [1.29, 1.82) is 0 Å². The lowest BCUT2D eigenvalue weighted by atomic mass is 9.93. The smallest absolute Gasteiger partial charge is 0.240 e. The van der Waals surface area contributed by atoms with E-state index in [0.29, 0.717) is 0 Å². The highest BCUT2D eigenvalue weighted by atomic mass is 16.5. The van der Waals surface area contributed by atoms with E-state index in [4.69, 9.17) is 4.74 Å². The van der Waals surface area contributed by atoms with Crippen molar-refractivity contribution in [1.82, 2.24) is 14.8 Å². The van der Waals surface area contributed by atoms with E-state index >= 15 is 0 Å². The molecule has 2 aliphatic rings. The number of carbonyl (C=O) groups is 1. The van der Waals surface area contributed by atoms with Crippen LogP contribution in [0.5, 0.6) is 5.75 Å². The van der Waals surface area contributed by atoms with E-state index in [1.807, 2.05) is 17.0 Å². The number of likely N-dealkylation sites (tertiary alicyclic amines) is 1. The number of ether oxygens (including phenoxy) is 1. The Balaban J connectivity index is 1.35. The number of fused-ring (bicyclic) bond motifs is 1. The average Bonchev–Trinajstić information content (AvgIpc) is 2.68. The Hall–Kier alpha value is -2.40. The Bertz CT molecular complexity index is 757. The first-order valence-corrected chi connectivity index (χ1v) is 9.33. The zero-order valence-corrected chi connectivity index (χ0v) is 15.2. The number of piperidine rings is 1. The number of amides is 1. The van der Waals surface area contributed by atoms with Gasteiger partial charge in [0.05, 0.1) is 6.04 Å². The minimum atomic E-state index is -0.0532. The summed E-state index contributed by atoms with van der Waals surface area (Å²) in [5.74, 6) is 1.11. The number of benzene rings is 1. The zero-order valence-electron chi connectivity index (χ0n) is 15.2. The first-order chi connectivity index (χ1) is 12.7. The van der Waals surface area contributed by atoms with Crippen LogP contribution in [0.4, 0.5) is 0 Å². The molecule has 0 unspecified atom stereocenters. The van der Waals surface area contributed by atoms with Gasteiger partial charge in [-0.25, -0.2) is 0 Å². The molecule has 5 heteroatoms. The molecular weight excluding hydrogens is 326 g/mol. The average molecular weight is 351 g/mol. The standard InChI is InChI=1S/C21H25N3O2/c1-23-15-17-5-3-2-4-16(17)14-20(23)21(25)24-12-8-19(9-13-24)26-18-6-10-22-11-7-18/h2-7,10-11,19-20H,8-9,12-15H2,1H3/t20-/m1/s1. The Kier molecular flexibility index (Phi) is 4.89. The molecule has 0 radical (unpaired) electrons. The third-order valence-electron chi connectivity index (χ3n) is 5.47. The molecule has 1 fully saturated rings. The van der Waals surface area contributed by atoms with Crippen molar-refractivity contribution in [2.45, 2.75) is 38.0 Å². The second kappa shape index (κ2) is 7.46. The molecule has 1 aromatic carbocycles. The molecule has 0 spiro atoms. The molecule has 5 nitrogen and oxygen atoms in total. The van der Waals surface area contributed by atoms with E-state index < -0.39 is 0 Å². The van der Waals surface area contributed by atoms with Gasteiger partial charge in [0, 0.05) is 44.9 Å². The highest BCUT2D eigenvalue weighted by molar-refractivity contribution is 5.82. The van der Waals surface area contributed by atoms with Crippen LogP contribution >= 0.6 is 0 Å². The van der Waals surface area contributed by atoms with E-state index in [9.17, 15) is 4.79 Å². The number of rotatable bonds is 3. The topological polar surface area (TPSA) is 45.7 Å². The number of pyridine rings is 1. The fourth-order valence-corrected chi connectivity index (χ4v) is 3.94. The van der Waals surface area contributed by atoms with Gasteiger partial charge < -0.3 is 9.64 Å². The van der Waals surface area contributed by atoms with Crippen molar-refractivity contribution in [2.75, 3.05) is 20.1 Å². The van der Waals surface area contributed by atoms with E-state index in [-0.39, 0.29) is 18.1 Å². The SMILES string of the molecule is CN1Cc2ccccc2C[C@@H]1C(=O)N1CCC(Oc2ccncc2)CC1. The van der Waals surface area contributed by atoms with Crippen molar-refractivity contribution >= 4 is 5.91 Å². The fourth-order valence-electron chi connectivity index (χ4n) is 3.94. The summed E-state index contributed by atoms with van der Waals surface area (Å²) in [5.41, 5.74) is 2.64. The molecule has 136 valence electrons. The van der Waals surface area contributed by atoms with Crippen molar-refractivity contribution in [3.05, 3.63) is 59.9 Å². The lowest BCUT2D eigenvalue weighted by molar-refractivity contribution is -0.138. The summed E-state index contributed by atoms with van der Waals surface area (Å²) < 4.78 is 6.01. The monoisotopic (exact) mass is 351 g/mol. The van der Waals surface area contributed by atoms with E-state index in [1.165, 1.54) is 11.1 Å². The number of hydrogen-bond acceptors (Lipinski definition) is 4. The van der Waals surface area contributed by atoms with Gasteiger partial charge in [0.1, 0.15) is 11.9 Å². The van der Waals surface area contributed by atoms with Gasteiger partial charge in [-0.05, 0) is 36.7 Å². The second-order valence-corrected chi connectivity index (χ2v) is 7.23. The molecule has 0 saturated carbocycles. The van der Waals surface area contributed by atoms with Crippen LogP contribution in [0.15, 0.2) is 48.8 Å². The third kappa shape index (κ3) is 3.58. The normalized spacial score (nSPS) is 21.3. The number of likely N-dealkylation sites (N-methyl/N-ethyl adjacent to an activating group) is 1. The van der Waals surface area contributed by atoms with Crippen LogP contribution in [0.2, 0.25) is 0 Å². The lowest BCUT2D eigenvalue weighted by Gasteiger charge is -2.39. The molecule has 4 rings (SSSR count). The highest BCUT2D eigenvalue weighted by Gasteiger charge is 2.34. The predicted molar refractivity (Wildman–Crippen MR) is 99.9 cm³/mol. The number of aromatic nitrogens is 1. The van der Waals surface area contributed by atoms with Crippen LogP contribution < -0.4 is 4.74 Å². The van der Waals surface area contributed by atoms with Crippen molar-refractivity contribution < 1.29 is 9.53 Å². The summed E-state index contributed by atoms with van der Waals surface area (Å²) in [5, 5.41) is 0. The van der Waals surface area contributed by atoms with Gasteiger partial charge in [-0.3, -0.25) is 14.7 Å². The van der Waals surface area contributed by atoms with Crippen LogP contribution in [-0.2, 0) is 17.8 Å². The predicted octanol–water partition coefficient (Wildman–Crippen LogP) is 2.51. The molecule has 1 atom stereocenters. The molecule has 0 bridgehead atoms. The molecule has 0 N–H and O–H groups in total. The molecular formula is C21H25N3O2. The maximum atomic E-state index is 13.1. The Labute approximate surface area is 154 Å². The maximum absolute atomic E-state index is 13.1. The second-order valence-electron chi connectivity index (χ2n) is 7.23. The fraction of sp³-hybridized carbons (Fsp3) is 0.429. The summed E-state index contributed by atoms with van der Waals surface area (Å²) in [6, 6.07) is 12.2. The van der Waals surface area contributed by atoms with Crippen LogP contribution in [0.25, 0.3) is 0 Å². The summed E-state index contributed by atoms with van der Waals surface area (Å²) >= 11 is 0. The van der Waals surface area contributed by atoms with Crippen LogP contribution in [-0.4, -0.2) is 53.0 Å². The number of nitrogens with zero attached hydrogens (tertiary/aromatic N) is 3. The van der Waals surface area contributed by atoms with Crippen molar-refractivity contribution in [2.24, 2.45) is 0 Å². The van der Waals surface area contributed by atoms with Gasteiger partial charge in [0.25, 0.3) is 0 Å². The first kappa shape index (κ1) is 17.0. The quantitative estimate of drug-likeness (QED) is 0.852. The molecule has 3 heterocycles. The first-order valence-electron chi connectivity index (χ1n) is 9.33. The maximum Gasteiger partial charge on any atom is 0.240 e. The Morgan fingerprint density at radius 2 is 1.77 bits per heavy atom. The van der Waals surface area contributed by atoms with Gasteiger partial charge in [-0.1, -0.05) is 24.3 Å². The van der Waals surface area contributed by atoms with Gasteiger partial charge >= 0.3 is 0 Å². The summed E-state index contributed by atoms with van der Waals surface area (Å²) in [6.45, 7) is 2.37. The van der Waals surface area contributed by atoms with Gasteiger partial charge in [-0.2, -0.15) is 0 Å². The molecule has 1 amide bonds. The molecule has 26 heavy (non-hydrogen) atoms. The van der Waals surface area contributed by atoms with Crippen LogP contribution in [0.1, 0.15) is 24.0 Å². The molecule has 2 aromatic rings. The summed E-state index contributed by atoms with van der Waals surface area (Å²) in [7, 11) is 2.05. The lowest BCUT2D eigenvalue weighted by Crippen LogP contribution is -2.52. The molecule has 1 aromatic heterocycles. The largest absolute Gasteiger partial charge is 0.490 e. The Morgan fingerprint density at radius 1 is 1.08 bits per heavy atom. The van der Waals surface area contributed by atoms with E-state index in [1.54, 1.807) is 12.4 Å². The zero-order chi connectivity index (χ0) is 17.9. The van der Waals surface area contributed by atoms with Gasteiger partial charge in [-0.15, -0.1) is 0 Å². The minimum Gasteiger partial charge on any atom is -0.490 e. The summed E-state index contributed by atoms with van der Waals surface area (Å²) in [4.78, 5) is 21.3. The number of hydrogen-bond donors (Lipinski definition) is 0. The molecule has 0 aliphatic carbocycles. The Morgan fingerprint density at radius 3 is 2.50 bits per heavy atom. The van der Waals surface area contributed by atoms with Crippen molar-refractivity contribution in [3.63, 3.8) is 0 Å². The third-order valence-corrected chi connectivity index (χ3v) is 5.47. The molecule has 2 aliphatic heterocycles. The number of carbonyl (C=O) groups excluding carboxylic acids is 1. The van der Waals surface area contributed by atoms with E-state index in [2.05, 4.69) is 41.2 Å². The van der Waals surface area contributed by atoms with Gasteiger partial charge in [0.2, 0.25) is 5.91 Å². The molecule has 1 saturated heterocycles. The van der Waals surface area contributed by atoms with Crippen LogP contribution in [0, 0.1) is 0 Å².